The lowest BCUT2D eigenvalue weighted by molar-refractivity contribution is -0.0127. The summed E-state index contributed by atoms with van der Waals surface area (Å²) in [6.07, 6.45) is 0.0921. The monoisotopic (exact) mass is 260 g/mol. The molecule has 1 unspecified atom stereocenters. The van der Waals surface area contributed by atoms with E-state index in [2.05, 4.69) is 5.32 Å². The highest BCUT2D eigenvalue weighted by atomic mass is 16.6. The van der Waals surface area contributed by atoms with Crippen LogP contribution in [0.15, 0.2) is 0 Å². The molecular weight excluding hydrogens is 236 g/mol. The number of ether oxygens (including phenoxy) is 1. The van der Waals surface area contributed by atoms with Gasteiger partial charge in [-0.25, -0.2) is 4.79 Å². The fourth-order valence-corrected chi connectivity index (χ4v) is 1.90. The summed E-state index contributed by atoms with van der Waals surface area (Å²) in [5.74, 6) is 0. The molecule has 0 bridgehead atoms. The van der Waals surface area contributed by atoms with Crippen LogP contribution in [0.1, 0.15) is 27.2 Å². The van der Waals surface area contributed by atoms with Gasteiger partial charge in [-0.1, -0.05) is 0 Å². The third-order valence-electron chi connectivity index (χ3n) is 2.73. The van der Waals surface area contributed by atoms with Crippen LogP contribution in [0.4, 0.5) is 4.79 Å². The van der Waals surface area contributed by atoms with Gasteiger partial charge in [0.05, 0.1) is 18.8 Å². The highest BCUT2D eigenvalue weighted by Crippen LogP contribution is 2.18. The van der Waals surface area contributed by atoms with Gasteiger partial charge in [0.2, 0.25) is 0 Å². The molecule has 0 aromatic carbocycles. The van der Waals surface area contributed by atoms with Crippen molar-refractivity contribution in [2.75, 3.05) is 32.8 Å². The Balaban J connectivity index is 2.61. The number of carbonyl (C=O) groups is 1. The molecule has 0 aromatic heterocycles. The highest BCUT2D eigenvalue weighted by molar-refractivity contribution is 5.68. The zero-order chi connectivity index (χ0) is 13.8. The molecule has 3 N–H and O–H groups in total. The highest BCUT2D eigenvalue weighted by Gasteiger charge is 2.35. The molecule has 1 fully saturated rings. The van der Waals surface area contributed by atoms with E-state index in [0.717, 1.165) is 6.54 Å². The number of aliphatic hydroxyl groups is 2. The molecule has 0 radical (unpaired) electrons. The van der Waals surface area contributed by atoms with Gasteiger partial charge in [0.15, 0.2) is 0 Å². The van der Waals surface area contributed by atoms with Crippen molar-refractivity contribution in [1.29, 1.82) is 0 Å². The number of hydrogen-bond acceptors (Lipinski definition) is 5. The van der Waals surface area contributed by atoms with Crippen molar-refractivity contribution in [2.45, 2.75) is 38.4 Å². The van der Waals surface area contributed by atoms with Gasteiger partial charge in [-0.2, -0.15) is 0 Å². The van der Waals surface area contributed by atoms with Crippen molar-refractivity contribution < 1.29 is 19.7 Å². The largest absolute Gasteiger partial charge is 0.444 e. The molecular formula is C12H24N2O4. The minimum atomic E-state index is -0.925. The number of amides is 1. The maximum atomic E-state index is 11.9. The Labute approximate surface area is 108 Å². The van der Waals surface area contributed by atoms with Crippen molar-refractivity contribution in [3.05, 3.63) is 0 Å². The SMILES string of the molecule is CC(C)(C)OC(=O)N(CCO)CC1(O)CCNC1. The van der Waals surface area contributed by atoms with Crippen LogP contribution in [0.2, 0.25) is 0 Å². The van der Waals surface area contributed by atoms with Crippen LogP contribution in [0, 0.1) is 0 Å². The number of rotatable bonds is 4. The van der Waals surface area contributed by atoms with Gasteiger partial charge in [0, 0.05) is 13.1 Å². The van der Waals surface area contributed by atoms with E-state index in [1.54, 1.807) is 20.8 Å². The lowest BCUT2D eigenvalue weighted by Crippen LogP contribution is -2.49. The molecule has 6 nitrogen and oxygen atoms in total. The summed E-state index contributed by atoms with van der Waals surface area (Å²) in [5, 5.41) is 22.3. The Kier molecular flexibility index (Phi) is 4.95. The molecule has 0 saturated carbocycles. The molecule has 1 saturated heterocycles. The van der Waals surface area contributed by atoms with Crippen LogP contribution in [0.3, 0.4) is 0 Å². The molecule has 1 atom stereocenters. The van der Waals surface area contributed by atoms with Gasteiger partial charge in [-0.15, -0.1) is 0 Å². The number of aliphatic hydroxyl groups excluding tert-OH is 1. The second-order valence-corrected chi connectivity index (χ2v) is 5.78. The topological polar surface area (TPSA) is 82.0 Å². The van der Waals surface area contributed by atoms with Crippen LogP contribution < -0.4 is 5.32 Å². The van der Waals surface area contributed by atoms with Crippen molar-refractivity contribution >= 4 is 6.09 Å². The number of nitrogens with one attached hydrogen (secondary N) is 1. The van der Waals surface area contributed by atoms with Crippen LogP contribution >= 0.6 is 0 Å². The maximum Gasteiger partial charge on any atom is 0.410 e. The molecule has 1 amide bonds. The van der Waals surface area contributed by atoms with Gasteiger partial charge in [-0.05, 0) is 33.7 Å². The summed E-state index contributed by atoms with van der Waals surface area (Å²) in [7, 11) is 0. The summed E-state index contributed by atoms with van der Waals surface area (Å²) in [6, 6.07) is 0. The average Bonchev–Trinajstić information content (AvgIpc) is 2.62. The van der Waals surface area contributed by atoms with Crippen LogP contribution in [-0.4, -0.2) is 65.2 Å². The van der Waals surface area contributed by atoms with E-state index in [-0.39, 0.29) is 19.7 Å². The molecule has 1 heterocycles. The van der Waals surface area contributed by atoms with Gasteiger partial charge < -0.3 is 25.2 Å². The van der Waals surface area contributed by atoms with Gasteiger partial charge in [-0.3, -0.25) is 0 Å². The van der Waals surface area contributed by atoms with E-state index in [4.69, 9.17) is 9.84 Å². The first kappa shape index (κ1) is 15.2. The molecule has 1 rings (SSSR count). The second kappa shape index (κ2) is 5.86. The Bertz CT molecular complexity index is 282. The molecule has 1 aliphatic heterocycles. The number of β-amino-alcohol motifs (C(OH)–C–C–N with tert-alkyl or cyclic N) is 1. The quantitative estimate of drug-likeness (QED) is 0.660. The molecule has 18 heavy (non-hydrogen) atoms. The third kappa shape index (κ3) is 4.80. The minimum Gasteiger partial charge on any atom is -0.444 e. The normalized spacial score (nSPS) is 24.1. The Morgan fingerprint density at radius 2 is 2.17 bits per heavy atom. The molecule has 0 aromatic rings. The predicted molar refractivity (Wildman–Crippen MR) is 67.3 cm³/mol. The number of carbonyl (C=O) groups excluding carboxylic acids is 1. The van der Waals surface area contributed by atoms with Crippen LogP contribution in [0.5, 0.6) is 0 Å². The van der Waals surface area contributed by atoms with Crippen LogP contribution in [-0.2, 0) is 4.74 Å². The summed E-state index contributed by atoms with van der Waals surface area (Å²) < 4.78 is 5.25. The zero-order valence-corrected chi connectivity index (χ0v) is 11.4. The van der Waals surface area contributed by atoms with E-state index in [1.165, 1.54) is 4.90 Å². The summed E-state index contributed by atoms with van der Waals surface area (Å²) in [4.78, 5) is 13.3. The molecule has 1 aliphatic rings. The van der Waals surface area contributed by atoms with Gasteiger partial charge in [0.25, 0.3) is 0 Å². The lowest BCUT2D eigenvalue weighted by Gasteiger charge is -2.32. The smallest absolute Gasteiger partial charge is 0.410 e. The standard InChI is InChI=1S/C12H24N2O4/c1-11(2,3)18-10(16)14(6-7-15)9-12(17)4-5-13-8-12/h13,15,17H,4-9H2,1-3H3. The van der Waals surface area contributed by atoms with Crippen molar-refractivity contribution in [1.82, 2.24) is 10.2 Å². The summed E-state index contributed by atoms with van der Waals surface area (Å²) >= 11 is 0. The van der Waals surface area contributed by atoms with E-state index in [1.807, 2.05) is 0 Å². The first-order chi connectivity index (χ1) is 8.26. The van der Waals surface area contributed by atoms with E-state index in [9.17, 15) is 9.90 Å². The van der Waals surface area contributed by atoms with Crippen molar-refractivity contribution in [3.8, 4) is 0 Å². The molecule has 6 heteroatoms. The third-order valence-corrected chi connectivity index (χ3v) is 2.73. The van der Waals surface area contributed by atoms with Gasteiger partial charge >= 0.3 is 6.09 Å². The van der Waals surface area contributed by atoms with Crippen molar-refractivity contribution in [3.63, 3.8) is 0 Å². The van der Waals surface area contributed by atoms with Gasteiger partial charge in [0.1, 0.15) is 5.60 Å². The minimum absolute atomic E-state index is 0.150. The van der Waals surface area contributed by atoms with Crippen molar-refractivity contribution in [2.24, 2.45) is 0 Å². The fourth-order valence-electron chi connectivity index (χ4n) is 1.90. The zero-order valence-electron chi connectivity index (χ0n) is 11.4. The van der Waals surface area contributed by atoms with E-state index in [0.29, 0.717) is 13.0 Å². The van der Waals surface area contributed by atoms with E-state index >= 15 is 0 Å². The Morgan fingerprint density at radius 1 is 1.50 bits per heavy atom. The average molecular weight is 260 g/mol. The first-order valence-corrected chi connectivity index (χ1v) is 6.28. The number of hydrogen-bond donors (Lipinski definition) is 3. The summed E-state index contributed by atoms with van der Waals surface area (Å²) in [6.45, 7) is 6.74. The van der Waals surface area contributed by atoms with Crippen LogP contribution in [0.25, 0.3) is 0 Å². The van der Waals surface area contributed by atoms with E-state index < -0.39 is 17.3 Å². The predicted octanol–water partition coefficient (Wildman–Crippen LogP) is -0.0598. The fraction of sp³-hybridized carbons (Fsp3) is 0.917. The number of nitrogens with zero attached hydrogens (tertiary/aromatic N) is 1. The molecule has 0 aliphatic carbocycles. The first-order valence-electron chi connectivity index (χ1n) is 6.28. The second-order valence-electron chi connectivity index (χ2n) is 5.78. The molecule has 0 spiro atoms. The summed E-state index contributed by atoms with van der Waals surface area (Å²) in [5.41, 5.74) is -1.51. The molecule has 106 valence electrons. The lowest BCUT2D eigenvalue weighted by atomic mass is 10.0. The Morgan fingerprint density at radius 3 is 2.61 bits per heavy atom. The Hall–Kier alpha value is -0.850. The maximum absolute atomic E-state index is 11.9.